The van der Waals surface area contributed by atoms with Gasteiger partial charge in [0.15, 0.2) is 0 Å². The molecule has 0 aliphatic carbocycles. The fourth-order valence-corrected chi connectivity index (χ4v) is 2.66. The van der Waals surface area contributed by atoms with E-state index in [9.17, 15) is 9.36 Å². The van der Waals surface area contributed by atoms with Crippen LogP contribution in [0, 0.1) is 0 Å². The van der Waals surface area contributed by atoms with E-state index in [1.807, 2.05) is 0 Å². The van der Waals surface area contributed by atoms with Crippen molar-refractivity contribution in [3.8, 4) is 11.5 Å². The van der Waals surface area contributed by atoms with Gasteiger partial charge in [0.25, 0.3) is 5.52 Å². The first-order valence-electron chi connectivity index (χ1n) is 5.87. The van der Waals surface area contributed by atoms with E-state index in [0.29, 0.717) is 0 Å². The molecule has 0 saturated carbocycles. The monoisotopic (exact) mass is 292 g/mol. The van der Waals surface area contributed by atoms with E-state index in [0.717, 1.165) is 0 Å². The minimum Gasteiger partial charge on any atom is -0.411 e. The van der Waals surface area contributed by atoms with Gasteiger partial charge in [-0.05, 0) is 24.3 Å². The molecule has 0 heterocycles. The topological polar surface area (TPSA) is 72.8 Å². The third-order valence-corrected chi connectivity index (χ3v) is 4.03. The number of benzene rings is 2. The van der Waals surface area contributed by atoms with Gasteiger partial charge in [0.1, 0.15) is 18.1 Å². The Hall–Kier alpha value is -2.10. The SMILES string of the molecule is O=C(CO)P(=O)(Oc1ccccc1)Oc1ccccc1. The van der Waals surface area contributed by atoms with Crippen molar-refractivity contribution in [3.63, 3.8) is 0 Å². The molecule has 0 aromatic heterocycles. The number of aliphatic hydroxyl groups is 1. The average molecular weight is 292 g/mol. The zero-order valence-electron chi connectivity index (χ0n) is 10.5. The van der Waals surface area contributed by atoms with E-state index in [1.165, 1.54) is 0 Å². The van der Waals surface area contributed by atoms with Crippen molar-refractivity contribution in [2.24, 2.45) is 0 Å². The molecule has 0 atom stereocenters. The van der Waals surface area contributed by atoms with Gasteiger partial charge in [-0.1, -0.05) is 36.4 Å². The van der Waals surface area contributed by atoms with Gasteiger partial charge in [-0.15, -0.1) is 0 Å². The predicted molar refractivity (Wildman–Crippen MR) is 73.8 cm³/mol. The Labute approximate surface area is 116 Å². The molecule has 0 fully saturated rings. The Morgan fingerprint density at radius 1 is 0.900 bits per heavy atom. The molecule has 0 bridgehead atoms. The van der Waals surface area contributed by atoms with Crippen molar-refractivity contribution in [2.75, 3.05) is 6.61 Å². The van der Waals surface area contributed by atoms with Crippen molar-refractivity contribution in [1.29, 1.82) is 0 Å². The van der Waals surface area contributed by atoms with E-state index in [2.05, 4.69) is 0 Å². The molecule has 0 unspecified atom stereocenters. The molecule has 0 saturated heterocycles. The Morgan fingerprint density at radius 2 is 1.30 bits per heavy atom. The number of aliphatic hydroxyl groups excluding tert-OH is 1. The Bertz CT molecular complexity index is 566. The molecule has 0 aliphatic heterocycles. The van der Waals surface area contributed by atoms with Crippen molar-refractivity contribution < 1.29 is 23.5 Å². The number of carbonyl (C=O) groups is 1. The van der Waals surface area contributed by atoms with Gasteiger partial charge in [0, 0.05) is 0 Å². The van der Waals surface area contributed by atoms with Crippen molar-refractivity contribution in [1.82, 2.24) is 0 Å². The highest BCUT2D eigenvalue weighted by molar-refractivity contribution is 7.72. The molecular weight excluding hydrogens is 279 g/mol. The average Bonchev–Trinajstić information content (AvgIpc) is 2.48. The smallest absolute Gasteiger partial charge is 0.411 e. The van der Waals surface area contributed by atoms with E-state index in [-0.39, 0.29) is 11.5 Å². The highest BCUT2D eigenvalue weighted by Gasteiger charge is 2.37. The zero-order chi connectivity index (χ0) is 14.4. The molecule has 104 valence electrons. The van der Waals surface area contributed by atoms with Crippen LogP contribution in [0.4, 0.5) is 0 Å². The summed E-state index contributed by atoms with van der Waals surface area (Å²) in [5, 5.41) is 8.94. The molecule has 2 aromatic carbocycles. The van der Waals surface area contributed by atoms with Crippen LogP contribution in [0.25, 0.3) is 0 Å². The van der Waals surface area contributed by atoms with E-state index >= 15 is 0 Å². The van der Waals surface area contributed by atoms with Crippen LogP contribution in [0.5, 0.6) is 11.5 Å². The van der Waals surface area contributed by atoms with Crippen molar-refractivity contribution in [2.45, 2.75) is 0 Å². The zero-order valence-corrected chi connectivity index (χ0v) is 11.4. The van der Waals surface area contributed by atoms with E-state index in [4.69, 9.17) is 14.2 Å². The Kier molecular flexibility index (Phi) is 4.56. The largest absolute Gasteiger partial charge is 0.500 e. The minimum absolute atomic E-state index is 0.230. The second-order valence-electron chi connectivity index (χ2n) is 3.86. The van der Waals surface area contributed by atoms with Gasteiger partial charge in [-0.2, -0.15) is 0 Å². The van der Waals surface area contributed by atoms with Crippen LogP contribution < -0.4 is 9.05 Å². The van der Waals surface area contributed by atoms with Crippen LogP contribution in [0.1, 0.15) is 0 Å². The normalized spacial score (nSPS) is 10.8. The van der Waals surface area contributed by atoms with Gasteiger partial charge < -0.3 is 14.2 Å². The Balaban J connectivity index is 2.27. The maximum Gasteiger partial charge on any atom is 0.500 e. The summed E-state index contributed by atoms with van der Waals surface area (Å²) in [7, 11) is -4.14. The molecule has 2 rings (SSSR count). The lowest BCUT2D eigenvalue weighted by atomic mass is 10.3. The molecule has 2 aromatic rings. The molecule has 0 spiro atoms. The summed E-state index contributed by atoms with van der Waals surface area (Å²) >= 11 is 0. The predicted octanol–water partition coefficient (Wildman–Crippen LogP) is 2.86. The Morgan fingerprint density at radius 3 is 1.65 bits per heavy atom. The van der Waals surface area contributed by atoms with E-state index in [1.54, 1.807) is 60.7 Å². The number of para-hydroxylation sites is 2. The third-order valence-electron chi connectivity index (χ3n) is 2.38. The minimum atomic E-state index is -4.14. The van der Waals surface area contributed by atoms with Crippen LogP contribution in [-0.2, 0) is 9.36 Å². The van der Waals surface area contributed by atoms with Crippen LogP contribution >= 0.6 is 7.60 Å². The van der Waals surface area contributed by atoms with Gasteiger partial charge in [0.2, 0.25) is 0 Å². The lowest BCUT2D eigenvalue weighted by molar-refractivity contribution is -0.115. The maximum absolute atomic E-state index is 12.5. The summed E-state index contributed by atoms with van der Waals surface area (Å²) in [5.74, 6) is 0.460. The molecule has 0 aliphatic rings. The molecule has 6 heteroatoms. The summed E-state index contributed by atoms with van der Waals surface area (Å²) < 4.78 is 22.9. The second-order valence-corrected chi connectivity index (χ2v) is 5.72. The van der Waals surface area contributed by atoms with Crippen molar-refractivity contribution in [3.05, 3.63) is 60.7 Å². The molecule has 0 amide bonds. The fraction of sp³-hybridized carbons (Fsp3) is 0.0714. The maximum atomic E-state index is 12.5. The molecule has 20 heavy (non-hydrogen) atoms. The second kappa shape index (κ2) is 6.37. The molecule has 5 nitrogen and oxygen atoms in total. The number of hydrogen-bond acceptors (Lipinski definition) is 5. The lowest BCUT2D eigenvalue weighted by Gasteiger charge is -2.17. The van der Waals surface area contributed by atoms with Gasteiger partial charge in [-0.25, -0.2) is 4.57 Å². The van der Waals surface area contributed by atoms with E-state index < -0.39 is 19.7 Å². The van der Waals surface area contributed by atoms with Gasteiger partial charge in [0.05, 0.1) is 0 Å². The van der Waals surface area contributed by atoms with Crippen LogP contribution in [0.15, 0.2) is 60.7 Å². The molecular formula is C14H13O5P. The summed E-state index contributed by atoms with van der Waals surface area (Å²) in [5.41, 5.74) is -0.995. The van der Waals surface area contributed by atoms with Crippen molar-refractivity contribution >= 4 is 13.1 Å². The first-order chi connectivity index (χ1) is 9.64. The van der Waals surface area contributed by atoms with Crippen LogP contribution in [0.3, 0.4) is 0 Å². The highest BCUT2D eigenvalue weighted by Crippen LogP contribution is 2.49. The first kappa shape index (κ1) is 14.3. The molecule has 0 radical (unpaired) electrons. The third kappa shape index (κ3) is 3.47. The summed E-state index contributed by atoms with van der Waals surface area (Å²) in [6.45, 7) is -0.920. The summed E-state index contributed by atoms with van der Waals surface area (Å²) in [6.07, 6.45) is 0. The number of carbonyl (C=O) groups excluding carboxylic acids is 1. The van der Waals surface area contributed by atoms with Crippen LogP contribution in [-0.4, -0.2) is 17.2 Å². The lowest BCUT2D eigenvalue weighted by Crippen LogP contribution is -2.14. The first-order valence-corrected chi connectivity index (χ1v) is 7.42. The van der Waals surface area contributed by atoms with Gasteiger partial charge in [-0.3, -0.25) is 4.79 Å². The van der Waals surface area contributed by atoms with Gasteiger partial charge >= 0.3 is 7.60 Å². The highest BCUT2D eigenvalue weighted by atomic mass is 31.2. The standard InChI is InChI=1S/C14H13O5P/c15-11-14(16)20(17,18-12-7-3-1-4-8-12)19-13-9-5-2-6-10-13/h1-10,15H,11H2. The summed E-state index contributed by atoms with van der Waals surface area (Å²) in [6, 6.07) is 16.4. The fourth-order valence-electron chi connectivity index (χ4n) is 1.45. The molecule has 1 N–H and O–H groups in total. The summed E-state index contributed by atoms with van der Waals surface area (Å²) in [4.78, 5) is 11.7. The van der Waals surface area contributed by atoms with Crippen LogP contribution in [0.2, 0.25) is 0 Å². The quantitative estimate of drug-likeness (QED) is 0.829. The number of rotatable bonds is 6. The number of hydrogen-bond donors (Lipinski definition) is 1.